The molecule has 4 nitrogen and oxygen atoms in total. The summed E-state index contributed by atoms with van der Waals surface area (Å²) < 4.78 is 5.77. The average Bonchev–Trinajstić information content (AvgIpc) is 3.17. The highest BCUT2D eigenvalue weighted by Crippen LogP contribution is 2.64. The van der Waals surface area contributed by atoms with Crippen molar-refractivity contribution in [1.29, 1.82) is 0 Å². The minimum Gasteiger partial charge on any atom is -0.387 e. The fraction of sp³-hybridized carbons (Fsp3) is 0.800. The van der Waals surface area contributed by atoms with Gasteiger partial charge in [0.25, 0.3) is 0 Å². The molecule has 1 aliphatic heterocycles. The van der Waals surface area contributed by atoms with Gasteiger partial charge in [0.15, 0.2) is 17.7 Å². The molecule has 4 aliphatic rings. The molecule has 1 saturated heterocycles. The molecule has 24 heavy (non-hydrogen) atoms. The lowest BCUT2D eigenvalue weighted by Gasteiger charge is -2.55. The monoisotopic (exact) mass is 332 g/mol. The van der Waals surface area contributed by atoms with Gasteiger partial charge in [0.1, 0.15) is 5.60 Å². The van der Waals surface area contributed by atoms with Crippen LogP contribution in [0, 0.1) is 16.7 Å². The zero-order valence-electron chi connectivity index (χ0n) is 15.4. The Balaban J connectivity index is 1.85. The van der Waals surface area contributed by atoms with Crippen LogP contribution in [-0.2, 0) is 14.3 Å². The van der Waals surface area contributed by atoms with Gasteiger partial charge >= 0.3 is 0 Å². The van der Waals surface area contributed by atoms with E-state index in [1.165, 1.54) is 0 Å². The van der Waals surface area contributed by atoms with E-state index in [4.69, 9.17) is 4.74 Å². The third-order valence-electron chi connectivity index (χ3n) is 7.48. The number of carbonyl (C=O) groups excluding carboxylic acids is 2. The number of epoxide rings is 1. The van der Waals surface area contributed by atoms with Crippen molar-refractivity contribution in [3.8, 4) is 0 Å². The van der Waals surface area contributed by atoms with Gasteiger partial charge in [0, 0.05) is 29.4 Å². The summed E-state index contributed by atoms with van der Waals surface area (Å²) in [6.07, 6.45) is 3.46. The first-order valence-corrected chi connectivity index (χ1v) is 9.15. The summed E-state index contributed by atoms with van der Waals surface area (Å²) in [7, 11) is 0. The summed E-state index contributed by atoms with van der Waals surface area (Å²) >= 11 is 0. The molecule has 1 N–H and O–H groups in total. The third-order valence-corrected chi connectivity index (χ3v) is 7.48. The van der Waals surface area contributed by atoms with E-state index in [0.29, 0.717) is 18.4 Å². The Bertz CT molecular complexity index is 680. The number of aliphatic hydroxyl groups is 1. The van der Waals surface area contributed by atoms with Crippen molar-refractivity contribution in [2.45, 2.75) is 84.0 Å². The number of ether oxygens (including phenoxy) is 1. The first-order chi connectivity index (χ1) is 10.9. The van der Waals surface area contributed by atoms with Crippen LogP contribution in [0.25, 0.3) is 0 Å². The zero-order chi connectivity index (χ0) is 17.7. The van der Waals surface area contributed by atoms with Crippen molar-refractivity contribution in [1.82, 2.24) is 0 Å². The van der Waals surface area contributed by atoms with E-state index in [0.717, 1.165) is 24.8 Å². The summed E-state index contributed by atoms with van der Waals surface area (Å²) in [6, 6.07) is 0. The number of carbonyl (C=O) groups is 2. The second-order valence-corrected chi connectivity index (χ2v) is 9.78. The van der Waals surface area contributed by atoms with Gasteiger partial charge in [-0.15, -0.1) is 0 Å². The van der Waals surface area contributed by atoms with Crippen LogP contribution in [-0.4, -0.2) is 34.0 Å². The minimum atomic E-state index is -1.13. The van der Waals surface area contributed by atoms with E-state index >= 15 is 0 Å². The van der Waals surface area contributed by atoms with E-state index < -0.39 is 17.3 Å². The Labute approximate surface area is 143 Å². The standard InChI is InChI=1S/C20H28O4/c1-17(2)7-6-8-19(5)13(17)9-12(21)11-10-20(18(3,4)23)16(24-20)15(22)14(11)19/h13,16,23H,6-10H2,1-5H3/t13?,16?,19-,20-/m0/s1. The van der Waals surface area contributed by atoms with Crippen LogP contribution in [0.15, 0.2) is 11.1 Å². The lowest BCUT2D eigenvalue weighted by molar-refractivity contribution is -0.128. The van der Waals surface area contributed by atoms with Gasteiger partial charge in [0.05, 0.1) is 5.60 Å². The van der Waals surface area contributed by atoms with E-state index in [1.54, 1.807) is 13.8 Å². The molecular formula is C20H28O4. The second kappa shape index (κ2) is 4.39. The molecule has 1 saturated carbocycles. The molecule has 0 amide bonds. The Morgan fingerprint density at radius 2 is 1.83 bits per heavy atom. The maximum absolute atomic E-state index is 13.2. The van der Waals surface area contributed by atoms with Gasteiger partial charge in [-0.2, -0.15) is 0 Å². The molecule has 3 aliphatic carbocycles. The molecule has 2 fully saturated rings. The molecule has 0 bridgehead atoms. The van der Waals surface area contributed by atoms with Gasteiger partial charge < -0.3 is 9.84 Å². The second-order valence-electron chi connectivity index (χ2n) is 9.78. The van der Waals surface area contributed by atoms with Crippen molar-refractivity contribution in [3.05, 3.63) is 11.1 Å². The quantitative estimate of drug-likeness (QED) is 0.750. The molecule has 0 aromatic heterocycles. The Kier molecular flexibility index (Phi) is 3.01. The molecule has 4 heteroatoms. The molecule has 0 radical (unpaired) electrons. The smallest absolute Gasteiger partial charge is 0.191 e. The molecule has 2 unspecified atom stereocenters. The number of Topliss-reactive ketones (excluding diaryl/α,β-unsaturated/α-hetero) is 2. The molecular weight excluding hydrogens is 304 g/mol. The van der Waals surface area contributed by atoms with Crippen molar-refractivity contribution in [2.24, 2.45) is 16.7 Å². The van der Waals surface area contributed by atoms with Crippen molar-refractivity contribution in [3.63, 3.8) is 0 Å². The van der Waals surface area contributed by atoms with Crippen LogP contribution >= 0.6 is 0 Å². The zero-order valence-corrected chi connectivity index (χ0v) is 15.4. The molecule has 0 aromatic carbocycles. The maximum Gasteiger partial charge on any atom is 0.191 e. The van der Waals surface area contributed by atoms with E-state index in [2.05, 4.69) is 20.8 Å². The number of hydrogen-bond donors (Lipinski definition) is 1. The van der Waals surface area contributed by atoms with Gasteiger partial charge in [-0.1, -0.05) is 27.2 Å². The summed E-state index contributed by atoms with van der Waals surface area (Å²) in [5.41, 5.74) is -0.816. The summed E-state index contributed by atoms with van der Waals surface area (Å²) in [6.45, 7) is 9.99. The summed E-state index contributed by atoms with van der Waals surface area (Å²) in [5, 5.41) is 10.5. The number of ketones is 2. The van der Waals surface area contributed by atoms with Crippen molar-refractivity contribution >= 4 is 11.6 Å². The number of fused-ring (bicyclic) bond motifs is 3. The lowest BCUT2D eigenvalue weighted by atomic mass is 9.48. The molecule has 4 rings (SSSR count). The van der Waals surface area contributed by atoms with Gasteiger partial charge in [-0.3, -0.25) is 9.59 Å². The van der Waals surface area contributed by atoms with Gasteiger partial charge in [-0.05, 0) is 38.0 Å². The first-order valence-electron chi connectivity index (χ1n) is 9.15. The molecule has 0 aromatic rings. The first kappa shape index (κ1) is 16.5. The normalized spacial score (nSPS) is 43.9. The highest BCUT2D eigenvalue weighted by Gasteiger charge is 2.73. The van der Waals surface area contributed by atoms with Crippen LogP contribution in [0.1, 0.15) is 66.7 Å². The van der Waals surface area contributed by atoms with Crippen LogP contribution in [0.5, 0.6) is 0 Å². The number of rotatable bonds is 1. The van der Waals surface area contributed by atoms with E-state index in [-0.39, 0.29) is 28.3 Å². The summed E-state index contributed by atoms with van der Waals surface area (Å²) in [4.78, 5) is 26.2. The Hall–Kier alpha value is -1.00. The van der Waals surface area contributed by atoms with Crippen molar-refractivity contribution in [2.75, 3.05) is 0 Å². The maximum atomic E-state index is 13.2. The topological polar surface area (TPSA) is 66.9 Å². The van der Waals surface area contributed by atoms with Crippen LogP contribution in [0.2, 0.25) is 0 Å². The van der Waals surface area contributed by atoms with Crippen molar-refractivity contribution < 1.29 is 19.4 Å². The van der Waals surface area contributed by atoms with Gasteiger partial charge in [-0.25, -0.2) is 0 Å². The van der Waals surface area contributed by atoms with Crippen LogP contribution in [0.4, 0.5) is 0 Å². The average molecular weight is 332 g/mol. The predicted octanol–water partition coefficient (Wildman–Crippen LogP) is 2.97. The number of hydrogen-bond acceptors (Lipinski definition) is 4. The predicted molar refractivity (Wildman–Crippen MR) is 89.4 cm³/mol. The lowest BCUT2D eigenvalue weighted by Crippen LogP contribution is -2.54. The summed E-state index contributed by atoms with van der Waals surface area (Å²) in [5.74, 6) is 0.257. The molecule has 4 atom stereocenters. The SMILES string of the molecule is CC1(C)CCC[C@]2(C)C3=C(C[C@]4(C(C)(C)O)OC4C3=O)C(=O)CC12. The van der Waals surface area contributed by atoms with E-state index in [9.17, 15) is 14.7 Å². The van der Waals surface area contributed by atoms with Crippen LogP contribution < -0.4 is 0 Å². The molecule has 132 valence electrons. The molecule has 1 heterocycles. The Morgan fingerprint density at radius 1 is 1.17 bits per heavy atom. The van der Waals surface area contributed by atoms with Crippen LogP contribution in [0.3, 0.4) is 0 Å². The third kappa shape index (κ3) is 1.82. The van der Waals surface area contributed by atoms with Gasteiger partial charge in [0.2, 0.25) is 0 Å². The Morgan fingerprint density at radius 3 is 2.46 bits per heavy atom. The minimum absolute atomic E-state index is 0.0448. The fourth-order valence-corrected chi connectivity index (χ4v) is 5.98. The molecule has 0 spiro atoms. The largest absolute Gasteiger partial charge is 0.387 e. The highest BCUT2D eigenvalue weighted by molar-refractivity contribution is 6.13. The highest BCUT2D eigenvalue weighted by atomic mass is 16.6. The fourth-order valence-electron chi connectivity index (χ4n) is 5.98. The van der Waals surface area contributed by atoms with E-state index in [1.807, 2.05) is 0 Å².